The van der Waals surface area contributed by atoms with Gasteiger partial charge in [-0.15, -0.1) is 0 Å². The van der Waals surface area contributed by atoms with E-state index in [2.05, 4.69) is 41.5 Å². The summed E-state index contributed by atoms with van der Waals surface area (Å²) in [5.74, 6) is 1.35. The van der Waals surface area contributed by atoms with Gasteiger partial charge in [-0.3, -0.25) is 4.98 Å². The monoisotopic (exact) mass is 441 g/mol. The van der Waals surface area contributed by atoms with Crippen molar-refractivity contribution in [1.82, 2.24) is 15.0 Å². The highest BCUT2D eigenvalue weighted by Gasteiger charge is 2.15. The van der Waals surface area contributed by atoms with Crippen LogP contribution in [0.5, 0.6) is 0 Å². The standard InChI is InChI=1S/C21H24BrN5O/c1-13(2)19(12-28)26-21-25-18(15-5-4-8-23-11-15)10-20(27-21)24-17-7-6-14(3)9-16(17)22/h4-11,13,19,28H,12H2,1-3H3,(H2,24,25,26,27)/t19-/m0/s1. The van der Waals surface area contributed by atoms with E-state index in [0.29, 0.717) is 11.8 Å². The number of anilines is 3. The lowest BCUT2D eigenvalue weighted by Gasteiger charge is -2.21. The highest BCUT2D eigenvalue weighted by molar-refractivity contribution is 9.10. The number of aliphatic hydroxyl groups excluding tert-OH is 1. The van der Waals surface area contributed by atoms with Gasteiger partial charge in [0.15, 0.2) is 0 Å². The summed E-state index contributed by atoms with van der Waals surface area (Å²) in [6.07, 6.45) is 3.50. The number of nitrogens with one attached hydrogen (secondary N) is 2. The SMILES string of the molecule is Cc1ccc(Nc2cc(-c3cccnc3)nc(N[C@@H](CO)C(C)C)n2)c(Br)c1. The first kappa shape index (κ1) is 20.2. The molecule has 6 nitrogen and oxygen atoms in total. The smallest absolute Gasteiger partial charge is 0.225 e. The summed E-state index contributed by atoms with van der Waals surface area (Å²) in [6, 6.07) is 11.7. The van der Waals surface area contributed by atoms with Crippen molar-refractivity contribution in [1.29, 1.82) is 0 Å². The zero-order valence-corrected chi connectivity index (χ0v) is 17.7. The molecule has 1 atom stereocenters. The van der Waals surface area contributed by atoms with Crippen LogP contribution in [0.2, 0.25) is 0 Å². The van der Waals surface area contributed by atoms with Crippen LogP contribution in [0.15, 0.2) is 53.3 Å². The van der Waals surface area contributed by atoms with Crippen LogP contribution in [-0.2, 0) is 0 Å². The molecule has 0 radical (unpaired) electrons. The summed E-state index contributed by atoms with van der Waals surface area (Å²) >= 11 is 3.59. The highest BCUT2D eigenvalue weighted by atomic mass is 79.9. The Bertz CT molecular complexity index is 933. The second kappa shape index (κ2) is 9.12. The molecule has 0 aliphatic rings. The Balaban J connectivity index is 1.99. The van der Waals surface area contributed by atoms with E-state index in [9.17, 15) is 5.11 Å². The molecule has 7 heteroatoms. The molecule has 0 fully saturated rings. The average molecular weight is 442 g/mol. The van der Waals surface area contributed by atoms with Crippen molar-refractivity contribution in [3.63, 3.8) is 0 Å². The number of nitrogens with zero attached hydrogens (tertiary/aromatic N) is 3. The quantitative estimate of drug-likeness (QED) is 0.489. The normalized spacial score (nSPS) is 12.1. The van der Waals surface area contributed by atoms with Gasteiger partial charge in [0.1, 0.15) is 5.82 Å². The van der Waals surface area contributed by atoms with Gasteiger partial charge in [-0.2, -0.15) is 4.98 Å². The Morgan fingerprint density at radius 3 is 2.61 bits per heavy atom. The second-order valence-corrected chi connectivity index (χ2v) is 7.84. The van der Waals surface area contributed by atoms with Crippen molar-refractivity contribution in [2.75, 3.05) is 17.2 Å². The lowest BCUT2D eigenvalue weighted by atomic mass is 10.1. The van der Waals surface area contributed by atoms with Crippen molar-refractivity contribution in [2.24, 2.45) is 5.92 Å². The molecule has 0 aliphatic carbocycles. The molecule has 0 saturated heterocycles. The van der Waals surface area contributed by atoms with Crippen LogP contribution in [-0.4, -0.2) is 32.7 Å². The van der Waals surface area contributed by atoms with Gasteiger partial charge in [-0.1, -0.05) is 19.9 Å². The predicted octanol–water partition coefficient (Wildman–Crippen LogP) is 4.78. The molecule has 2 aromatic heterocycles. The zero-order chi connectivity index (χ0) is 20.1. The van der Waals surface area contributed by atoms with Crippen LogP contribution in [0.1, 0.15) is 19.4 Å². The van der Waals surface area contributed by atoms with Gasteiger partial charge in [0.2, 0.25) is 5.95 Å². The minimum Gasteiger partial charge on any atom is -0.394 e. The van der Waals surface area contributed by atoms with Crippen molar-refractivity contribution >= 4 is 33.4 Å². The fraction of sp³-hybridized carbons (Fsp3) is 0.286. The van der Waals surface area contributed by atoms with Crippen LogP contribution in [0, 0.1) is 12.8 Å². The predicted molar refractivity (Wildman–Crippen MR) is 117 cm³/mol. The third-order valence-electron chi connectivity index (χ3n) is 4.39. The zero-order valence-electron chi connectivity index (χ0n) is 16.1. The Labute approximate surface area is 173 Å². The summed E-state index contributed by atoms with van der Waals surface area (Å²) in [5.41, 5.74) is 3.72. The van der Waals surface area contributed by atoms with Crippen molar-refractivity contribution in [3.05, 3.63) is 58.8 Å². The van der Waals surface area contributed by atoms with Gasteiger partial charge in [0, 0.05) is 28.5 Å². The molecule has 0 unspecified atom stereocenters. The maximum Gasteiger partial charge on any atom is 0.225 e. The van der Waals surface area contributed by atoms with Crippen LogP contribution in [0.25, 0.3) is 11.3 Å². The Morgan fingerprint density at radius 1 is 1.14 bits per heavy atom. The molecule has 2 heterocycles. The summed E-state index contributed by atoms with van der Waals surface area (Å²) < 4.78 is 0.957. The molecular weight excluding hydrogens is 418 g/mol. The molecule has 3 N–H and O–H groups in total. The van der Waals surface area contributed by atoms with Gasteiger partial charge < -0.3 is 15.7 Å². The molecule has 28 heavy (non-hydrogen) atoms. The molecule has 3 rings (SSSR count). The van der Waals surface area contributed by atoms with Gasteiger partial charge in [0.05, 0.1) is 24.0 Å². The van der Waals surface area contributed by atoms with Gasteiger partial charge in [0.25, 0.3) is 0 Å². The Hall–Kier alpha value is -2.51. The molecule has 0 amide bonds. The lowest BCUT2D eigenvalue weighted by Crippen LogP contribution is -2.30. The molecule has 1 aromatic carbocycles. The number of pyridine rings is 1. The highest BCUT2D eigenvalue weighted by Crippen LogP contribution is 2.28. The van der Waals surface area contributed by atoms with Crippen molar-refractivity contribution in [2.45, 2.75) is 26.8 Å². The third kappa shape index (κ3) is 5.05. The van der Waals surface area contributed by atoms with Crippen LogP contribution < -0.4 is 10.6 Å². The molecule has 0 saturated carbocycles. The summed E-state index contributed by atoms with van der Waals surface area (Å²) in [7, 11) is 0. The van der Waals surface area contributed by atoms with Gasteiger partial charge >= 0.3 is 0 Å². The summed E-state index contributed by atoms with van der Waals surface area (Å²) in [5, 5.41) is 16.3. The first-order chi connectivity index (χ1) is 13.5. The Kier molecular flexibility index (Phi) is 6.59. The van der Waals surface area contributed by atoms with E-state index in [1.165, 1.54) is 5.56 Å². The molecule has 0 spiro atoms. The number of aromatic nitrogens is 3. The van der Waals surface area contributed by atoms with E-state index in [4.69, 9.17) is 0 Å². The van der Waals surface area contributed by atoms with Crippen molar-refractivity contribution in [3.8, 4) is 11.3 Å². The first-order valence-corrected chi connectivity index (χ1v) is 9.95. The van der Waals surface area contributed by atoms with Crippen LogP contribution in [0.4, 0.5) is 17.5 Å². The first-order valence-electron chi connectivity index (χ1n) is 9.16. The minimum atomic E-state index is -0.136. The topological polar surface area (TPSA) is 83.0 Å². The van der Waals surface area contributed by atoms with E-state index < -0.39 is 0 Å². The number of benzene rings is 1. The van der Waals surface area contributed by atoms with E-state index in [-0.39, 0.29) is 18.6 Å². The molecule has 3 aromatic rings. The number of aliphatic hydroxyl groups is 1. The van der Waals surface area contributed by atoms with Gasteiger partial charge in [-0.25, -0.2) is 4.98 Å². The number of rotatable bonds is 7. The van der Waals surface area contributed by atoms with Crippen molar-refractivity contribution < 1.29 is 5.11 Å². The molecule has 0 aliphatic heterocycles. The summed E-state index contributed by atoms with van der Waals surface area (Å²) in [6.45, 7) is 6.13. The maximum absolute atomic E-state index is 9.66. The number of hydrogen-bond acceptors (Lipinski definition) is 6. The van der Waals surface area contributed by atoms with E-state index >= 15 is 0 Å². The van der Waals surface area contributed by atoms with E-state index in [1.54, 1.807) is 12.4 Å². The van der Waals surface area contributed by atoms with Gasteiger partial charge in [-0.05, 0) is 58.6 Å². The van der Waals surface area contributed by atoms with Crippen LogP contribution >= 0.6 is 15.9 Å². The largest absolute Gasteiger partial charge is 0.394 e. The summed E-state index contributed by atoms with van der Waals surface area (Å²) in [4.78, 5) is 13.4. The minimum absolute atomic E-state index is 0.00438. The molecule has 0 bridgehead atoms. The number of aryl methyl sites for hydroxylation is 1. The lowest BCUT2D eigenvalue weighted by molar-refractivity contribution is 0.248. The average Bonchev–Trinajstić information content (AvgIpc) is 2.68. The van der Waals surface area contributed by atoms with E-state index in [0.717, 1.165) is 21.4 Å². The fourth-order valence-electron chi connectivity index (χ4n) is 2.69. The maximum atomic E-state index is 9.66. The molecule has 146 valence electrons. The van der Waals surface area contributed by atoms with Crippen LogP contribution in [0.3, 0.4) is 0 Å². The fourth-order valence-corrected chi connectivity index (χ4v) is 3.28. The molecular formula is C21H24BrN5O. The second-order valence-electron chi connectivity index (χ2n) is 6.99. The number of halogens is 1. The van der Waals surface area contributed by atoms with E-state index in [1.807, 2.05) is 57.2 Å². The Morgan fingerprint density at radius 2 is 1.96 bits per heavy atom. The third-order valence-corrected chi connectivity index (χ3v) is 5.04. The number of hydrogen-bond donors (Lipinski definition) is 3.